The molecule has 0 unspecified atom stereocenters. The first-order valence-corrected chi connectivity index (χ1v) is 8.81. The van der Waals surface area contributed by atoms with E-state index >= 15 is 0 Å². The molecule has 0 heterocycles. The number of anilines is 1. The second kappa shape index (κ2) is 12.5. The van der Waals surface area contributed by atoms with Crippen molar-refractivity contribution in [3.8, 4) is 0 Å². The molecule has 2 aromatic carbocycles. The highest BCUT2D eigenvalue weighted by atomic mass is 16.5. The third-order valence-corrected chi connectivity index (χ3v) is 3.67. The minimum absolute atomic E-state index is 0.525. The number of ether oxygens (including phenoxy) is 2. The van der Waals surface area contributed by atoms with Crippen LogP contribution < -0.4 is 5.32 Å². The zero-order chi connectivity index (χ0) is 19.2. The number of benzene rings is 2. The second-order valence-electron chi connectivity index (χ2n) is 5.71. The zero-order valence-corrected chi connectivity index (χ0v) is 15.2. The minimum Gasteiger partial charge on any atom is -0.383 e. The van der Waals surface area contributed by atoms with Gasteiger partial charge in [-0.25, -0.2) is 0 Å². The van der Waals surface area contributed by atoms with Gasteiger partial charge in [-0.2, -0.15) is 0 Å². The summed E-state index contributed by atoms with van der Waals surface area (Å²) in [7, 11) is 0. The van der Waals surface area contributed by atoms with E-state index in [2.05, 4.69) is 10.3 Å². The molecule has 0 aliphatic heterocycles. The lowest BCUT2D eigenvalue weighted by Gasteiger charge is -2.07. The Balaban J connectivity index is 1.44. The lowest BCUT2D eigenvalue weighted by Crippen LogP contribution is -2.13. The summed E-state index contributed by atoms with van der Waals surface area (Å²) in [6, 6.07) is 14.5. The van der Waals surface area contributed by atoms with Crippen LogP contribution in [-0.2, 0) is 9.47 Å². The van der Waals surface area contributed by atoms with Crippen molar-refractivity contribution in [3.05, 3.63) is 65.2 Å². The fraction of sp³-hybridized carbons (Fsp3) is 0.286. The van der Waals surface area contributed by atoms with E-state index in [-0.39, 0.29) is 0 Å². The highest BCUT2D eigenvalue weighted by Gasteiger charge is 1.94. The Morgan fingerprint density at radius 1 is 0.741 bits per heavy atom. The number of nitrogens with one attached hydrogen (secondary N) is 1. The molecule has 0 atom stereocenters. The highest BCUT2D eigenvalue weighted by Crippen LogP contribution is 2.07. The van der Waals surface area contributed by atoms with Gasteiger partial charge in [0.1, 0.15) is 12.6 Å². The first kappa shape index (κ1) is 20.5. The van der Waals surface area contributed by atoms with Crippen LogP contribution in [0, 0.1) is 0 Å². The Bertz CT molecular complexity index is 712. The highest BCUT2D eigenvalue weighted by molar-refractivity contribution is 5.82. The lowest BCUT2D eigenvalue weighted by atomic mass is 10.2. The average Bonchev–Trinajstić information content (AvgIpc) is 2.73. The summed E-state index contributed by atoms with van der Waals surface area (Å²) in [6.45, 7) is 3.43. The molecular formula is C21H24N2O4. The molecule has 0 aliphatic rings. The standard InChI is InChI=1S/C21H24N2O4/c24-16-19-3-1-18(2-4-19)15-22-9-11-26-13-14-27-12-10-23-21-7-5-20(17-25)6-8-21/h1-8,15-17,23H,9-14H2. The van der Waals surface area contributed by atoms with Gasteiger partial charge >= 0.3 is 0 Å². The third kappa shape index (κ3) is 8.40. The molecule has 0 aliphatic carbocycles. The second-order valence-corrected chi connectivity index (χ2v) is 5.71. The lowest BCUT2D eigenvalue weighted by molar-refractivity contribution is 0.0549. The minimum atomic E-state index is 0.525. The quantitative estimate of drug-likeness (QED) is 0.334. The van der Waals surface area contributed by atoms with Crippen molar-refractivity contribution in [2.75, 3.05) is 44.8 Å². The van der Waals surface area contributed by atoms with Gasteiger partial charge in [0, 0.05) is 29.6 Å². The van der Waals surface area contributed by atoms with Crippen molar-refractivity contribution < 1.29 is 19.1 Å². The maximum atomic E-state index is 10.6. The van der Waals surface area contributed by atoms with E-state index in [1.807, 2.05) is 24.3 Å². The first-order valence-electron chi connectivity index (χ1n) is 8.81. The first-order chi connectivity index (χ1) is 13.3. The SMILES string of the molecule is O=Cc1ccc(C=NCCOCCOCCNc2ccc(C=O)cc2)cc1. The Labute approximate surface area is 159 Å². The summed E-state index contributed by atoms with van der Waals surface area (Å²) in [5.41, 5.74) is 3.23. The summed E-state index contributed by atoms with van der Waals surface area (Å²) in [4.78, 5) is 25.4. The number of hydrogen-bond acceptors (Lipinski definition) is 6. The van der Waals surface area contributed by atoms with Crippen molar-refractivity contribution in [2.45, 2.75) is 0 Å². The molecule has 6 heteroatoms. The van der Waals surface area contributed by atoms with Crippen molar-refractivity contribution in [2.24, 2.45) is 4.99 Å². The summed E-state index contributed by atoms with van der Waals surface area (Å²) in [5, 5.41) is 3.22. The molecular weight excluding hydrogens is 344 g/mol. The molecule has 0 radical (unpaired) electrons. The van der Waals surface area contributed by atoms with Crippen molar-refractivity contribution >= 4 is 24.5 Å². The van der Waals surface area contributed by atoms with E-state index in [4.69, 9.17) is 9.47 Å². The Morgan fingerprint density at radius 3 is 1.93 bits per heavy atom. The molecule has 27 heavy (non-hydrogen) atoms. The van der Waals surface area contributed by atoms with E-state index in [1.54, 1.807) is 30.5 Å². The molecule has 6 nitrogen and oxygen atoms in total. The summed E-state index contributed by atoms with van der Waals surface area (Å²) in [6.07, 6.45) is 3.41. The molecule has 0 spiro atoms. The van der Waals surface area contributed by atoms with Gasteiger partial charge in [0.25, 0.3) is 0 Å². The van der Waals surface area contributed by atoms with Crippen LogP contribution in [0.4, 0.5) is 5.69 Å². The molecule has 0 bridgehead atoms. The average molecular weight is 368 g/mol. The molecule has 0 saturated heterocycles. The number of carbonyl (C=O) groups is 2. The largest absolute Gasteiger partial charge is 0.383 e. The van der Waals surface area contributed by atoms with Gasteiger partial charge < -0.3 is 14.8 Å². The van der Waals surface area contributed by atoms with Gasteiger partial charge in [-0.1, -0.05) is 24.3 Å². The van der Waals surface area contributed by atoms with E-state index in [0.717, 1.165) is 23.8 Å². The van der Waals surface area contributed by atoms with Crippen LogP contribution in [0.5, 0.6) is 0 Å². The fourth-order valence-corrected chi connectivity index (χ4v) is 2.22. The van der Waals surface area contributed by atoms with Crippen LogP contribution in [0.1, 0.15) is 26.3 Å². The monoisotopic (exact) mass is 368 g/mol. The number of aliphatic imine (C=N–C) groups is 1. The van der Waals surface area contributed by atoms with Crippen LogP contribution in [0.25, 0.3) is 0 Å². The third-order valence-electron chi connectivity index (χ3n) is 3.67. The van der Waals surface area contributed by atoms with Crippen LogP contribution in [0.3, 0.4) is 0 Å². The Hall–Kier alpha value is -2.83. The maximum Gasteiger partial charge on any atom is 0.150 e. The normalized spacial score (nSPS) is 10.8. The molecule has 0 saturated carbocycles. The number of hydrogen-bond donors (Lipinski definition) is 1. The van der Waals surface area contributed by atoms with Crippen LogP contribution in [-0.4, -0.2) is 58.3 Å². The molecule has 1 N–H and O–H groups in total. The van der Waals surface area contributed by atoms with Gasteiger partial charge in [0.2, 0.25) is 0 Å². The Morgan fingerprint density at radius 2 is 1.30 bits per heavy atom. The molecule has 0 aromatic heterocycles. The topological polar surface area (TPSA) is 77.0 Å². The van der Waals surface area contributed by atoms with Gasteiger partial charge in [-0.05, 0) is 29.8 Å². The van der Waals surface area contributed by atoms with E-state index in [9.17, 15) is 9.59 Å². The molecule has 0 amide bonds. The molecule has 142 valence electrons. The summed E-state index contributed by atoms with van der Waals surface area (Å²) >= 11 is 0. The van der Waals surface area contributed by atoms with Crippen molar-refractivity contribution in [1.82, 2.24) is 0 Å². The zero-order valence-electron chi connectivity index (χ0n) is 15.2. The predicted octanol–water partition coefficient (Wildman–Crippen LogP) is 2.88. The van der Waals surface area contributed by atoms with Crippen molar-refractivity contribution in [3.63, 3.8) is 0 Å². The van der Waals surface area contributed by atoms with Crippen LogP contribution in [0.2, 0.25) is 0 Å². The fourth-order valence-electron chi connectivity index (χ4n) is 2.22. The molecule has 2 rings (SSSR count). The number of aldehydes is 2. The van der Waals surface area contributed by atoms with Gasteiger partial charge in [-0.3, -0.25) is 14.6 Å². The smallest absolute Gasteiger partial charge is 0.150 e. The van der Waals surface area contributed by atoms with Crippen LogP contribution in [0.15, 0.2) is 53.5 Å². The maximum absolute atomic E-state index is 10.6. The van der Waals surface area contributed by atoms with Gasteiger partial charge in [-0.15, -0.1) is 0 Å². The van der Waals surface area contributed by atoms with Crippen LogP contribution >= 0.6 is 0 Å². The Kier molecular flexibility index (Phi) is 9.49. The van der Waals surface area contributed by atoms with Gasteiger partial charge in [0.15, 0.2) is 0 Å². The van der Waals surface area contributed by atoms with E-state index in [0.29, 0.717) is 50.6 Å². The van der Waals surface area contributed by atoms with E-state index < -0.39 is 0 Å². The number of carbonyl (C=O) groups excluding carboxylic acids is 2. The van der Waals surface area contributed by atoms with Gasteiger partial charge in [0.05, 0.1) is 33.0 Å². The van der Waals surface area contributed by atoms with E-state index in [1.165, 1.54) is 0 Å². The number of rotatable bonds is 13. The number of nitrogens with zero attached hydrogens (tertiary/aromatic N) is 1. The summed E-state index contributed by atoms with van der Waals surface area (Å²) in [5.74, 6) is 0. The molecule has 0 fully saturated rings. The summed E-state index contributed by atoms with van der Waals surface area (Å²) < 4.78 is 10.9. The molecule has 2 aromatic rings. The predicted molar refractivity (Wildman–Crippen MR) is 106 cm³/mol. The van der Waals surface area contributed by atoms with Crippen molar-refractivity contribution in [1.29, 1.82) is 0 Å².